The maximum Gasteiger partial charge on any atom is 0.246 e. The first-order valence-corrected chi connectivity index (χ1v) is 6.75. The minimum atomic E-state index is -0.699. The van der Waals surface area contributed by atoms with Crippen LogP contribution >= 0.6 is 11.6 Å². The number of hydrogen-bond acceptors (Lipinski definition) is 1. The van der Waals surface area contributed by atoms with E-state index in [2.05, 4.69) is 10.3 Å². The van der Waals surface area contributed by atoms with Gasteiger partial charge in [-0.2, -0.15) is 0 Å². The normalized spacial score (nSPS) is 12.2. The van der Waals surface area contributed by atoms with Crippen LogP contribution in [0, 0.1) is 0 Å². The molecule has 0 aliphatic rings. The van der Waals surface area contributed by atoms with Crippen molar-refractivity contribution in [1.29, 1.82) is 0 Å². The monoisotopic (exact) mass is 284 g/mol. The highest BCUT2D eigenvalue weighted by Gasteiger charge is 2.17. The van der Waals surface area contributed by atoms with Gasteiger partial charge in [-0.15, -0.1) is 11.6 Å². The minimum Gasteiger partial charge on any atom is -0.361 e. The van der Waals surface area contributed by atoms with Gasteiger partial charge in [-0.25, -0.2) is 0 Å². The van der Waals surface area contributed by atoms with Crippen molar-refractivity contribution in [3.8, 4) is 0 Å². The van der Waals surface area contributed by atoms with Gasteiger partial charge in [0.1, 0.15) is 5.38 Å². The summed E-state index contributed by atoms with van der Waals surface area (Å²) in [6.45, 7) is 0. The molecular weight excluding hydrogens is 272 g/mol. The SMILES string of the molecule is O=C(Nc1ccc2cc[nH]c2c1)C(Cl)c1ccccc1. The van der Waals surface area contributed by atoms with Crippen LogP contribution in [0.1, 0.15) is 10.9 Å². The Morgan fingerprint density at radius 1 is 1.10 bits per heavy atom. The molecule has 0 radical (unpaired) electrons. The van der Waals surface area contributed by atoms with Crippen LogP contribution < -0.4 is 5.32 Å². The molecule has 0 aliphatic carbocycles. The smallest absolute Gasteiger partial charge is 0.246 e. The quantitative estimate of drug-likeness (QED) is 0.699. The Balaban J connectivity index is 1.78. The molecule has 1 amide bonds. The number of halogens is 1. The molecule has 3 aromatic rings. The molecule has 20 heavy (non-hydrogen) atoms. The fourth-order valence-electron chi connectivity index (χ4n) is 2.10. The van der Waals surface area contributed by atoms with E-state index in [9.17, 15) is 4.79 Å². The number of carbonyl (C=O) groups is 1. The number of amides is 1. The van der Waals surface area contributed by atoms with E-state index in [1.165, 1.54) is 0 Å². The van der Waals surface area contributed by atoms with Crippen LogP contribution in [0.4, 0.5) is 5.69 Å². The van der Waals surface area contributed by atoms with Gasteiger partial charge in [0, 0.05) is 17.4 Å². The van der Waals surface area contributed by atoms with E-state index in [1.807, 2.05) is 60.8 Å². The standard InChI is InChI=1S/C16H13ClN2O/c17-15(12-4-2-1-3-5-12)16(20)19-13-7-6-11-8-9-18-14(11)10-13/h1-10,15,18H,(H,19,20). The molecule has 1 atom stereocenters. The molecule has 0 saturated carbocycles. The summed E-state index contributed by atoms with van der Waals surface area (Å²) in [6, 6.07) is 17.0. The van der Waals surface area contributed by atoms with Crippen molar-refractivity contribution in [2.24, 2.45) is 0 Å². The highest BCUT2D eigenvalue weighted by molar-refractivity contribution is 6.32. The first-order chi connectivity index (χ1) is 9.74. The third kappa shape index (κ3) is 2.53. The molecular formula is C16H13ClN2O. The number of aromatic nitrogens is 1. The van der Waals surface area contributed by atoms with Crippen molar-refractivity contribution < 1.29 is 4.79 Å². The van der Waals surface area contributed by atoms with Gasteiger partial charge in [0.25, 0.3) is 0 Å². The maximum absolute atomic E-state index is 12.1. The second-order valence-electron chi connectivity index (χ2n) is 4.54. The Morgan fingerprint density at radius 3 is 2.70 bits per heavy atom. The van der Waals surface area contributed by atoms with Crippen molar-refractivity contribution in [2.75, 3.05) is 5.32 Å². The molecule has 0 bridgehead atoms. The van der Waals surface area contributed by atoms with E-state index >= 15 is 0 Å². The van der Waals surface area contributed by atoms with E-state index in [0.29, 0.717) is 0 Å². The lowest BCUT2D eigenvalue weighted by Gasteiger charge is -2.11. The first kappa shape index (κ1) is 12.8. The van der Waals surface area contributed by atoms with Crippen molar-refractivity contribution in [3.05, 3.63) is 66.4 Å². The van der Waals surface area contributed by atoms with Crippen LogP contribution in [0.5, 0.6) is 0 Å². The minimum absolute atomic E-state index is 0.233. The summed E-state index contributed by atoms with van der Waals surface area (Å²) in [5, 5.41) is 3.24. The molecule has 0 aliphatic heterocycles. The molecule has 3 rings (SSSR count). The highest BCUT2D eigenvalue weighted by atomic mass is 35.5. The molecule has 0 spiro atoms. The number of anilines is 1. The number of H-pyrrole nitrogens is 1. The van der Waals surface area contributed by atoms with E-state index in [1.54, 1.807) is 0 Å². The number of nitrogens with one attached hydrogen (secondary N) is 2. The molecule has 100 valence electrons. The molecule has 0 fully saturated rings. The third-order valence-electron chi connectivity index (χ3n) is 3.14. The Labute approximate surface area is 121 Å². The number of hydrogen-bond donors (Lipinski definition) is 2. The maximum atomic E-state index is 12.1. The molecule has 3 nitrogen and oxygen atoms in total. The van der Waals surface area contributed by atoms with Crippen LogP contribution in [0.15, 0.2) is 60.8 Å². The molecule has 2 aromatic carbocycles. The van der Waals surface area contributed by atoms with E-state index in [0.717, 1.165) is 22.2 Å². The lowest BCUT2D eigenvalue weighted by molar-refractivity contribution is -0.116. The van der Waals surface area contributed by atoms with Crippen LogP contribution in [0.2, 0.25) is 0 Å². The lowest BCUT2D eigenvalue weighted by Crippen LogP contribution is -2.17. The van der Waals surface area contributed by atoms with Crippen LogP contribution in [0.3, 0.4) is 0 Å². The number of rotatable bonds is 3. The van der Waals surface area contributed by atoms with Gasteiger partial charge in [-0.05, 0) is 29.1 Å². The summed E-state index contributed by atoms with van der Waals surface area (Å²) in [7, 11) is 0. The molecule has 1 aromatic heterocycles. The topological polar surface area (TPSA) is 44.9 Å². The van der Waals surface area contributed by atoms with Gasteiger partial charge in [-0.3, -0.25) is 4.79 Å². The number of carbonyl (C=O) groups excluding carboxylic acids is 1. The third-order valence-corrected chi connectivity index (χ3v) is 3.60. The van der Waals surface area contributed by atoms with Gasteiger partial charge in [-0.1, -0.05) is 36.4 Å². The Hall–Kier alpha value is -2.26. The Kier molecular flexibility index (Phi) is 3.44. The van der Waals surface area contributed by atoms with E-state index < -0.39 is 5.38 Å². The summed E-state index contributed by atoms with van der Waals surface area (Å²) in [6.07, 6.45) is 1.87. The summed E-state index contributed by atoms with van der Waals surface area (Å²) in [5.41, 5.74) is 2.49. The molecule has 1 heterocycles. The molecule has 4 heteroatoms. The van der Waals surface area contributed by atoms with Crippen LogP contribution in [0.25, 0.3) is 10.9 Å². The van der Waals surface area contributed by atoms with E-state index in [-0.39, 0.29) is 5.91 Å². The molecule has 2 N–H and O–H groups in total. The Bertz CT molecular complexity index is 736. The number of benzene rings is 2. The zero-order chi connectivity index (χ0) is 13.9. The second-order valence-corrected chi connectivity index (χ2v) is 4.98. The van der Waals surface area contributed by atoms with Crippen molar-refractivity contribution in [3.63, 3.8) is 0 Å². The lowest BCUT2D eigenvalue weighted by atomic mass is 10.1. The first-order valence-electron chi connectivity index (χ1n) is 6.31. The summed E-state index contributed by atoms with van der Waals surface area (Å²) in [5.74, 6) is -0.233. The average Bonchev–Trinajstić information content (AvgIpc) is 2.95. The molecule has 1 unspecified atom stereocenters. The fourth-order valence-corrected chi connectivity index (χ4v) is 2.30. The fraction of sp³-hybridized carbons (Fsp3) is 0.0625. The van der Waals surface area contributed by atoms with E-state index in [4.69, 9.17) is 11.6 Å². The van der Waals surface area contributed by atoms with Crippen molar-refractivity contribution in [1.82, 2.24) is 4.98 Å². The Morgan fingerprint density at radius 2 is 1.90 bits per heavy atom. The summed E-state index contributed by atoms with van der Waals surface area (Å²) in [4.78, 5) is 15.2. The van der Waals surface area contributed by atoms with Gasteiger partial charge in [0.15, 0.2) is 0 Å². The largest absolute Gasteiger partial charge is 0.361 e. The zero-order valence-corrected chi connectivity index (χ0v) is 11.4. The number of aromatic amines is 1. The van der Waals surface area contributed by atoms with Crippen LogP contribution in [-0.4, -0.2) is 10.9 Å². The van der Waals surface area contributed by atoms with Gasteiger partial charge in [0.2, 0.25) is 5.91 Å². The number of fused-ring (bicyclic) bond motifs is 1. The van der Waals surface area contributed by atoms with Gasteiger partial charge in [0.05, 0.1) is 0 Å². The zero-order valence-electron chi connectivity index (χ0n) is 10.6. The summed E-state index contributed by atoms with van der Waals surface area (Å²) < 4.78 is 0. The number of alkyl halides is 1. The average molecular weight is 285 g/mol. The van der Waals surface area contributed by atoms with Crippen molar-refractivity contribution in [2.45, 2.75) is 5.38 Å². The van der Waals surface area contributed by atoms with Crippen molar-refractivity contribution >= 4 is 34.1 Å². The molecule has 0 saturated heterocycles. The van der Waals surface area contributed by atoms with Gasteiger partial charge < -0.3 is 10.3 Å². The second kappa shape index (κ2) is 5.39. The summed E-state index contributed by atoms with van der Waals surface area (Å²) >= 11 is 6.18. The van der Waals surface area contributed by atoms with Crippen LogP contribution in [-0.2, 0) is 4.79 Å². The predicted octanol–water partition coefficient (Wildman–Crippen LogP) is 4.09. The van der Waals surface area contributed by atoms with Gasteiger partial charge >= 0.3 is 0 Å². The highest BCUT2D eigenvalue weighted by Crippen LogP contribution is 2.23. The predicted molar refractivity (Wildman–Crippen MR) is 82.0 cm³/mol.